The van der Waals surface area contributed by atoms with Gasteiger partial charge < -0.3 is 10.2 Å². The highest BCUT2D eigenvalue weighted by Crippen LogP contribution is 2.29. The predicted octanol–water partition coefficient (Wildman–Crippen LogP) is 4.16. The number of hydrogen-bond acceptors (Lipinski definition) is 3. The minimum Gasteiger partial charge on any atom is -0.354 e. The Labute approximate surface area is 130 Å². The molecule has 1 aliphatic carbocycles. The van der Waals surface area contributed by atoms with Gasteiger partial charge in [0, 0.05) is 24.8 Å². The van der Waals surface area contributed by atoms with Crippen molar-refractivity contribution in [1.82, 2.24) is 10.3 Å². The molecule has 1 aromatic rings. The van der Waals surface area contributed by atoms with Crippen LogP contribution >= 0.6 is 0 Å². The third kappa shape index (κ3) is 4.44. The van der Waals surface area contributed by atoms with Crippen molar-refractivity contribution in [1.29, 1.82) is 0 Å². The average molecular weight is 289 g/mol. The first-order chi connectivity index (χ1) is 10.1. The van der Waals surface area contributed by atoms with Gasteiger partial charge in [-0.1, -0.05) is 26.7 Å². The number of anilines is 1. The highest BCUT2D eigenvalue weighted by Gasteiger charge is 2.24. The second-order valence-electron chi connectivity index (χ2n) is 6.77. The molecule has 1 fully saturated rings. The molecule has 1 N–H and O–H groups in total. The van der Waals surface area contributed by atoms with Gasteiger partial charge in [0.05, 0.1) is 0 Å². The summed E-state index contributed by atoms with van der Waals surface area (Å²) in [5.41, 5.74) is 1.33. The highest BCUT2D eigenvalue weighted by molar-refractivity contribution is 5.43. The summed E-state index contributed by atoms with van der Waals surface area (Å²) >= 11 is 0. The van der Waals surface area contributed by atoms with E-state index in [0.29, 0.717) is 12.1 Å². The summed E-state index contributed by atoms with van der Waals surface area (Å²) in [4.78, 5) is 7.25. The van der Waals surface area contributed by atoms with Crippen LogP contribution < -0.4 is 10.2 Å². The Hall–Kier alpha value is -1.09. The van der Waals surface area contributed by atoms with Crippen LogP contribution in [0.25, 0.3) is 0 Å². The van der Waals surface area contributed by atoms with Crippen molar-refractivity contribution < 1.29 is 0 Å². The first kappa shape index (κ1) is 16.3. The molecule has 0 aromatic carbocycles. The topological polar surface area (TPSA) is 28.2 Å². The zero-order valence-electron chi connectivity index (χ0n) is 14.1. The fourth-order valence-electron chi connectivity index (χ4n) is 3.12. The van der Waals surface area contributed by atoms with Crippen molar-refractivity contribution in [3.63, 3.8) is 0 Å². The zero-order valence-corrected chi connectivity index (χ0v) is 14.1. The largest absolute Gasteiger partial charge is 0.354 e. The van der Waals surface area contributed by atoms with E-state index in [-0.39, 0.29) is 0 Å². The molecule has 1 saturated carbocycles. The Kier molecular flexibility index (Phi) is 6.04. The van der Waals surface area contributed by atoms with Crippen LogP contribution in [-0.4, -0.2) is 24.6 Å². The lowest BCUT2D eigenvalue weighted by Gasteiger charge is -2.31. The van der Waals surface area contributed by atoms with Crippen LogP contribution in [0.4, 0.5) is 5.82 Å². The summed E-state index contributed by atoms with van der Waals surface area (Å²) in [5, 5.41) is 3.32. The Bertz CT molecular complexity index is 424. The third-order valence-corrected chi connectivity index (χ3v) is 4.71. The van der Waals surface area contributed by atoms with Crippen molar-refractivity contribution in [2.24, 2.45) is 5.92 Å². The van der Waals surface area contributed by atoms with Gasteiger partial charge in [-0.05, 0) is 56.8 Å². The summed E-state index contributed by atoms with van der Waals surface area (Å²) < 4.78 is 0. The van der Waals surface area contributed by atoms with E-state index >= 15 is 0 Å². The molecule has 0 bridgehead atoms. The molecule has 2 rings (SSSR count). The van der Waals surface area contributed by atoms with Gasteiger partial charge in [0.2, 0.25) is 0 Å². The lowest BCUT2D eigenvalue weighted by atomic mass is 10.1. The van der Waals surface area contributed by atoms with E-state index in [1.807, 2.05) is 13.2 Å². The first-order valence-electron chi connectivity index (χ1n) is 8.51. The molecule has 21 heavy (non-hydrogen) atoms. The Morgan fingerprint density at radius 1 is 1.29 bits per heavy atom. The van der Waals surface area contributed by atoms with Crippen molar-refractivity contribution in [2.75, 3.05) is 18.5 Å². The molecule has 0 aliphatic heterocycles. The van der Waals surface area contributed by atoms with Gasteiger partial charge in [-0.25, -0.2) is 4.98 Å². The minimum atomic E-state index is 0.377. The minimum absolute atomic E-state index is 0.377. The molecular formula is C18H31N3. The van der Waals surface area contributed by atoms with Gasteiger partial charge >= 0.3 is 0 Å². The number of hydrogen-bond donors (Lipinski definition) is 1. The van der Waals surface area contributed by atoms with Crippen molar-refractivity contribution >= 4 is 5.82 Å². The fourth-order valence-corrected chi connectivity index (χ4v) is 3.12. The normalized spacial score (nSPS) is 17.4. The number of nitrogens with one attached hydrogen (secondary N) is 1. The van der Waals surface area contributed by atoms with Crippen LogP contribution in [0.1, 0.15) is 64.5 Å². The molecule has 1 aromatic heterocycles. The molecule has 0 spiro atoms. The van der Waals surface area contributed by atoms with E-state index in [0.717, 1.165) is 12.5 Å². The summed E-state index contributed by atoms with van der Waals surface area (Å²) in [5.74, 6) is 1.91. The van der Waals surface area contributed by atoms with Gasteiger partial charge in [-0.3, -0.25) is 0 Å². The first-order valence-corrected chi connectivity index (χ1v) is 8.51. The maximum atomic E-state index is 4.68. The molecule has 118 valence electrons. The SMILES string of the molecule is CNC(C)c1ccnc(N(CCC(C)C)C2CCCC2)c1. The summed E-state index contributed by atoms with van der Waals surface area (Å²) in [6.45, 7) is 7.94. The molecular weight excluding hydrogens is 258 g/mol. The summed E-state index contributed by atoms with van der Waals surface area (Å²) in [6, 6.07) is 5.47. The van der Waals surface area contributed by atoms with Crippen LogP contribution in [-0.2, 0) is 0 Å². The van der Waals surface area contributed by atoms with Crippen molar-refractivity contribution in [3.8, 4) is 0 Å². The summed E-state index contributed by atoms with van der Waals surface area (Å²) in [7, 11) is 2.01. The predicted molar refractivity (Wildman–Crippen MR) is 90.8 cm³/mol. The smallest absolute Gasteiger partial charge is 0.129 e. The maximum absolute atomic E-state index is 4.68. The monoisotopic (exact) mass is 289 g/mol. The zero-order chi connectivity index (χ0) is 15.2. The summed E-state index contributed by atoms with van der Waals surface area (Å²) in [6.07, 6.45) is 8.60. The molecule has 3 nitrogen and oxygen atoms in total. The molecule has 1 heterocycles. The molecule has 0 saturated heterocycles. The third-order valence-electron chi connectivity index (χ3n) is 4.71. The molecule has 0 radical (unpaired) electrons. The maximum Gasteiger partial charge on any atom is 0.129 e. The molecule has 3 heteroatoms. The molecule has 1 unspecified atom stereocenters. The van der Waals surface area contributed by atoms with Crippen LogP contribution in [0.3, 0.4) is 0 Å². The van der Waals surface area contributed by atoms with E-state index in [1.54, 1.807) is 0 Å². The van der Waals surface area contributed by atoms with Crippen LogP contribution in [0.15, 0.2) is 18.3 Å². The second kappa shape index (κ2) is 7.79. The van der Waals surface area contributed by atoms with Crippen LogP contribution in [0, 0.1) is 5.92 Å². The number of aromatic nitrogens is 1. The van der Waals surface area contributed by atoms with Gasteiger partial charge in [-0.15, -0.1) is 0 Å². The second-order valence-corrected chi connectivity index (χ2v) is 6.77. The van der Waals surface area contributed by atoms with E-state index < -0.39 is 0 Å². The van der Waals surface area contributed by atoms with E-state index in [9.17, 15) is 0 Å². The van der Waals surface area contributed by atoms with Gasteiger partial charge in [0.15, 0.2) is 0 Å². The standard InChI is InChI=1S/C18H31N3/c1-14(2)10-12-21(17-7-5-6-8-17)18-13-16(9-11-20-18)15(3)19-4/h9,11,13-15,17,19H,5-8,10,12H2,1-4H3. The lowest BCUT2D eigenvalue weighted by Crippen LogP contribution is -2.35. The quantitative estimate of drug-likeness (QED) is 0.817. The molecule has 1 atom stereocenters. The van der Waals surface area contributed by atoms with E-state index in [4.69, 9.17) is 0 Å². The van der Waals surface area contributed by atoms with E-state index in [1.165, 1.54) is 43.5 Å². The number of nitrogens with zero attached hydrogens (tertiary/aromatic N) is 2. The Balaban J connectivity index is 2.18. The lowest BCUT2D eigenvalue weighted by molar-refractivity contribution is 0.524. The van der Waals surface area contributed by atoms with Crippen LogP contribution in [0.5, 0.6) is 0 Å². The van der Waals surface area contributed by atoms with Gasteiger partial charge in [0.1, 0.15) is 5.82 Å². The van der Waals surface area contributed by atoms with Crippen molar-refractivity contribution in [2.45, 2.75) is 65.0 Å². The highest BCUT2D eigenvalue weighted by atomic mass is 15.2. The fraction of sp³-hybridized carbons (Fsp3) is 0.722. The molecule has 0 amide bonds. The van der Waals surface area contributed by atoms with Gasteiger partial charge in [0.25, 0.3) is 0 Å². The Morgan fingerprint density at radius 2 is 2.00 bits per heavy atom. The van der Waals surface area contributed by atoms with Crippen LogP contribution in [0.2, 0.25) is 0 Å². The molecule has 1 aliphatic rings. The van der Waals surface area contributed by atoms with Crippen molar-refractivity contribution in [3.05, 3.63) is 23.9 Å². The van der Waals surface area contributed by atoms with E-state index in [2.05, 4.69) is 48.1 Å². The number of pyridine rings is 1. The number of rotatable bonds is 7. The van der Waals surface area contributed by atoms with Gasteiger partial charge in [-0.2, -0.15) is 0 Å². The Morgan fingerprint density at radius 3 is 2.62 bits per heavy atom. The average Bonchev–Trinajstić information content (AvgIpc) is 3.01.